The molecular formula is C21H26N6. The quantitative estimate of drug-likeness (QED) is 0.614. The number of hydrogen-bond donors (Lipinski definition) is 0. The van der Waals surface area contributed by atoms with Crippen LogP contribution in [0.4, 0.5) is 0 Å². The highest BCUT2D eigenvalue weighted by molar-refractivity contribution is 5.48. The molecule has 0 spiro atoms. The monoisotopic (exact) mass is 362 g/mol. The molecule has 3 rings (SSSR count). The molecule has 6 nitrogen and oxygen atoms in total. The molecule has 0 aliphatic rings. The molecule has 2 atom stereocenters. The zero-order valence-electron chi connectivity index (χ0n) is 16.4. The predicted octanol–water partition coefficient (Wildman–Crippen LogP) is 4.53. The first-order valence-corrected chi connectivity index (χ1v) is 9.45. The van der Waals surface area contributed by atoms with Crippen molar-refractivity contribution in [1.29, 1.82) is 0 Å². The van der Waals surface area contributed by atoms with E-state index < -0.39 is 0 Å². The summed E-state index contributed by atoms with van der Waals surface area (Å²) in [6, 6.07) is 3.83. The summed E-state index contributed by atoms with van der Waals surface area (Å²) in [4.78, 5) is 26.5. The Balaban J connectivity index is 1.70. The molecule has 0 saturated carbocycles. The van der Waals surface area contributed by atoms with Crippen LogP contribution < -0.4 is 0 Å². The Bertz CT molecular complexity index is 865. The van der Waals surface area contributed by atoms with Gasteiger partial charge in [-0.3, -0.25) is 0 Å². The molecule has 0 fully saturated rings. The fourth-order valence-corrected chi connectivity index (χ4v) is 2.91. The summed E-state index contributed by atoms with van der Waals surface area (Å²) in [6.45, 7) is 8.61. The molecule has 0 radical (unpaired) electrons. The maximum atomic E-state index is 4.73. The number of aromatic nitrogens is 6. The largest absolute Gasteiger partial charge is 0.245 e. The van der Waals surface area contributed by atoms with E-state index in [0.717, 1.165) is 30.1 Å². The highest BCUT2D eigenvalue weighted by atomic mass is 15.0. The van der Waals surface area contributed by atoms with Crippen molar-refractivity contribution in [3.8, 4) is 11.5 Å². The van der Waals surface area contributed by atoms with Crippen LogP contribution in [0.2, 0.25) is 0 Å². The molecule has 2 unspecified atom stereocenters. The van der Waals surface area contributed by atoms with E-state index in [1.54, 1.807) is 18.7 Å². The van der Waals surface area contributed by atoms with Gasteiger partial charge in [0.05, 0.1) is 0 Å². The second-order valence-corrected chi connectivity index (χ2v) is 7.31. The fraction of sp³-hybridized carbons (Fsp3) is 0.429. The molecule has 0 amide bonds. The fourth-order valence-electron chi connectivity index (χ4n) is 2.91. The third-order valence-corrected chi connectivity index (χ3v) is 4.80. The van der Waals surface area contributed by atoms with Gasteiger partial charge in [0.1, 0.15) is 17.8 Å². The van der Waals surface area contributed by atoms with E-state index in [-0.39, 0.29) is 5.92 Å². The average molecular weight is 362 g/mol. The summed E-state index contributed by atoms with van der Waals surface area (Å²) in [7, 11) is 0. The van der Waals surface area contributed by atoms with Crippen LogP contribution in [0.25, 0.3) is 11.5 Å². The number of hydrogen-bond acceptors (Lipinski definition) is 6. The van der Waals surface area contributed by atoms with Crippen LogP contribution in [0.15, 0.2) is 43.2 Å². The SMILES string of the molecule is CC(C)c1ccnc(-c2ccnc(C(C)CCC(C)c3cncnc3)n2)n1. The number of rotatable bonds is 7. The van der Waals surface area contributed by atoms with Gasteiger partial charge in [-0.05, 0) is 42.4 Å². The van der Waals surface area contributed by atoms with Crippen LogP contribution in [0.1, 0.15) is 75.4 Å². The van der Waals surface area contributed by atoms with Gasteiger partial charge >= 0.3 is 0 Å². The lowest BCUT2D eigenvalue weighted by molar-refractivity contribution is 0.553. The minimum absolute atomic E-state index is 0.255. The summed E-state index contributed by atoms with van der Waals surface area (Å²) in [5.41, 5.74) is 2.96. The Morgan fingerprint density at radius 3 is 2.26 bits per heavy atom. The predicted molar refractivity (Wildman–Crippen MR) is 105 cm³/mol. The lowest BCUT2D eigenvalue weighted by atomic mass is 9.93. The van der Waals surface area contributed by atoms with Crippen molar-refractivity contribution in [3.05, 3.63) is 60.3 Å². The van der Waals surface area contributed by atoms with Gasteiger partial charge in [0.25, 0.3) is 0 Å². The lowest BCUT2D eigenvalue weighted by Gasteiger charge is -2.15. The standard InChI is InChI=1S/C21H26N6/c1-14(2)18-7-9-25-21(26-18)19-8-10-24-20(27-19)16(4)6-5-15(3)17-11-22-13-23-12-17/h7-16H,5-6H2,1-4H3. The second kappa shape index (κ2) is 8.75. The summed E-state index contributed by atoms with van der Waals surface area (Å²) in [5, 5.41) is 0. The molecule has 27 heavy (non-hydrogen) atoms. The molecule has 0 bridgehead atoms. The zero-order chi connectivity index (χ0) is 19.2. The summed E-state index contributed by atoms with van der Waals surface area (Å²) >= 11 is 0. The molecular weight excluding hydrogens is 336 g/mol. The Hall–Kier alpha value is -2.76. The van der Waals surface area contributed by atoms with Gasteiger partial charge in [-0.2, -0.15) is 0 Å². The van der Waals surface area contributed by atoms with Crippen LogP contribution in [-0.4, -0.2) is 29.9 Å². The van der Waals surface area contributed by atoms with Gasteiger partial charge in [0.2, 0.25) is 0 Å². The molecule has 3 heterocycles. The molecule has 0 saturated heterocycles. The van der Waals surface area contributed by atoms with Gasteiger partial charge < -0.3 is 0 Å². The Kier molecular flexibility index (Phi) is 6.16. The molecule has 6 heteroatoms. The first-order chi connectivity index (χ1) is 13.0. The minimum atomic E-state index is 0.255. The van der Waals surface area contributed by atoms with Crippen molar-refractivity contribution in [1.82, 2.24) is 29.9 Å². The Labute approximate surface area is 160 Å². The summed E-state index contributed by atoms with van der Waals surface area (Å²) < 4.78 is 0. The van der Waals surface area contributed by atoms with E-state index >= 15 is 0 Å². The second-order valence-electron chi connectivity index (χ2n) is 7.31. The topological polar surface area (TPSA) is 77.3 Å². The van der Waals surface area contributed by atoms with E-state index in [1.165, 1.54) is 5.56 Å². The smallest absolute Gasteiger partial charge is 0.178 e. The van der Waals surface area contributed by atoms with Gasteiger partial charge in [-0.15, -0.1) is 0 Å². The van der Waals surface area contributed by atoms with Crippen LogP contribution >= 0.6 is 0 Å². The lowest BCUT2D eigenvalue weighted by Crippen LogP contribution is -2.05. The summed E-state index contributed by atoms with van der Waals surface area (Å²) in [6.07, 6.45) is 11.0. The van der Waals surface area contributed by atoms with E-state index in [0.29, 0.717) is 17.7 Å². The van der Waals surface area contributed by atoms with Crippen LogP contribution in [0.3, 0.4) is 0 Å². The Morgan fingerprint density at radius 2 is 1.52 bits per heavy atom. The van der Waals surface area contributed by atoms with Gasteiger partial charge in [0.15, 0.2) is 5.82 Å². The first kappa shape index (κ1) is 19.0. The third-order valence-electron chi connectivity index (χ3n) is 4.80. The molecule has 140 valence electrons. The Morgan fingerprint density at radius 1 is 0.815 bits per heavy atom. The van der Waals surface area contributed by atoms with E-state index in [4.69, 9.17) is 4.98 Å². The van der Waals surface area contributed by atoms with E-state index in [1.807, 2.05) is 24.5 Å². The van der Waals surface area contributed by atoms with Crippen molar-refractivity contribution >= 4 is 0 Å². The number of nitrogens with zero attached hydrogens (tertiary/aromatic N) is 6. The van der Waals surface area contributed by atoms with Crippen molar-refractivity contribution < 1.29 is 0 Å². The molecule has 0 N–H and O–H groups in total. The van der Waals surface area contributed by atoms with Crippen molar-refractivity contribution in [2.75, 3.05) is 0 Å². The molecule has 3 aromatic heterocycles. The molecule has 0 aliphatic heterocycles. The van der Waals surface area contributed by atoms with Crippen molar-refractivity contribution in [2.45, 2.75) is 58.3 Å². The van der Waals surface area contributed by atoms with Crippen molar-refractivity contribution in [3.63, 3.8) is 0 Å². The minimum Gasteiger partial charge on any atom is -0.245 e. The van der Waals surface area contributed by atoms with Gasteiger partial charge in [-0.25, -0.2) is 29.9 Å². The van der Waals surface area contributed by atoms with Crippen LogP contribution in [0, 0.1) is 0 Å². The summed E-state index contributed by atoms with van der Waals surface area (Å²) in [5.74, 6) is 2.51. The molecule has 0 aromatic carbocycles. The molecule has 3 aromatic rings. The zero-order valence-corrected chi connectivity index (χ0v) is 16.4. The highest BCUT2D eigenvalue weighted by Crippen LogP contribution is 2.26. The average Bonchev–Trinajstić information content (AvgIpc) is 2.72. The maximum absolute atomic E-state index is 4.73. The first-order valence-electron chi connectivity index (χ1n) is 9.45. The van der Waals surface area contributed by atoms with Gasteiger partial charge in [0, 0.05) is 36.4 Å². The third kappa shape index (κ3) is 4.90. The van der Waals surface area contributed by atoms with Crippen molar-refractivity contribution in [2.24, 2.45) is 0 Å². The van der Waals surface area contributed by atoms with E-state index in [2.05, 4.69) is 52.6 Å². The molecule has 0 aliphatic carbocycles. The van der Waals surface area contributed by atoms with E-state index in [9.17, 15) is 0 Å². The maximum Gasteiger partial charge on any atom is 0.178 e. The van der Waals surface area contributed by atoms with Crippen LogP contribution in [-0.2, 0) is 0 Å². The highest BCUT2D eigenvalue weighted by Gasteiger charge is 2.15. The van der Waals surface area contributed by atoms with Crippen LogP contribution in [0.5, 0.6) is 0 Å². The van der Waals surface area contributed by atoms with Gasteiger partial charge in [-0.1, -0.05) is 27.7 Å². The normalized spacial score (nSPS) is 13.5.